The Morgan fingerprint density at radius 1 is 1.29 bits per heavy atom. The second-order valence-corrected chi connectivity index (χ2v) is 3.41. The Hall–Kier alpha value is -2.18. The zero-order valence-corrected chi connectivity index (χ0v) is 8.42. The zero-order valence-electron chi connectivity index (χ0n) is 8.42. The fourth-order valence-corrected chi connectivity index (χ4v) is 1.46. The number of hydrogen-bond acceptors (Lipinski definition) is 3. The molecule has 0 aliphatic heterocycles. The van der Waals surface area contributed by atoms with Crippen molar-refractivity contribution in [3.63, 3.8) is 0 Å². The third-order valence-corrected chi connectivity index (χ3v) is 2.23. The van der Waals surface area contributed by atoms with Gasteiger partial charge in [0.15, 0.2) is 0 Å². The molecule has 1 aromatic carbocycles. The van der Waals surface area contributed by atoms with Gasteiger partial charge in [0.25, 0.3) is 0 Å². The molecule has 0 aliphatic rings. The lowest BCUT2D eigenvalue weighted by molar-refractivity contribution is -0.138. The molecule has 0 saturated carbocycles. The van der Waals surface area contributed by atoms with Crippen molar-refractivity contribution in [2.24, 2.45) is 0 Å². The van der Waals surface area contributed by atoms with Crippen LogP contribution in [0.15, 0.2) is 24.3 Å². The van der Waals surface area contributed by atoms with E-state index in [0.717, 1.165) is 6.07 Å². The molecule has 0 radical (unpaired) electrons. The fourth-order valence-electron chi connectivity index (χ4n) is 1.46. The van der Waals surface area contributed by atoms with E-state index in [9.17, 15) is 18.3 Å². The number of H-pyrrole nitrogens is 1. The van der Waals surface area contributed by atoms with Crippen LogP contribution in [0.1, 0.15) is 5.56 Å². The molecule has 4 nitrogen and oxygen atoms in total. The van der Waals surface area contributed by atoms with Gasteiger partial charge in [0.05, 0.1) is 11.3 Å². The molecule has 2 aromatic rings. The molecular weight excluding hydrogens is 235 g/mol. The number of phenolic OH excluding ortho intramolecular Hbond substituents is 1. The molecule has 0 spiro atoms. The molecular formula is C10H8F3N3O. The number of alkyl halides is 3. The van der Waals surface area contributed by atoms with Crippen LogP contribution in [0.4, 0.5) is 19.0 Å². The third-order valence-electron chi connectivity index (χ3n) is 2.23. The van der Waals surface area contributed by atoms with Gasteiger partial charge >= 0.3 is 6.18 Å². The van der Waals surface area contributed by atoms with Crippen LogP contribution in [-0.2, 0) is 6.18 Å². The van der Waals surface area contributed by atoms with Gasteiger partial charge in [-0.1, -0.05) is 6.07 Å². The highest BCUT2D eigenvalue weighted by Gasteiger charge is 2.34. The minimum absolute atomic E-state index is 0.00373. The number of aromatic hydroxyl groups is 1. The maximum Gasteiger partial charge on any atom is 0.419 e. The minimum atomic E-state index is -4.61. The topological polar surface area (TPSA) is 74.9 Å². The quantitative estimate of drug-likeness (QED) is 0.719. The number of nitrogens with one attached hydrogen (secondary N) is 1. The first-order chi connectivity index (χ1) is 7.89. The lowest BCUT2D eigenvalue weighted by Crippen LogP contribution is -2.05. The maximum atomic E-state index is 12.5. The van der Waals surface area contributed by atoms with E-state index < -0.39 is 17.5 Å². The Morgan fingerprint density at radius 3 is 2.53 bits per heavy atom. The predicted octanol–water partition coefficient (Wildman–Crippen LogP) is 2.38. The normalized spacial score (nSPS) is 11.7. The van der Waals surface area contributed by atoms with E-state index in [1.165, 1.54) is 18.2 Å². The first-order valence-electron chi connectivity index (χ1n) is 4.60. The van der Waals surface area contributed by atoms with Crippen LogP contribution in [0.25, 0.3) is 11.3 Å². The van der Waals surface area contributed by atoms with Crippen LogP contribution < -0.4 is 5.73 Å². The number of nitrogens with zero attached hydrogens (tertiary/aromatic N) is 1. The molecule has 0 unspecified atom stereocenters. The van der Waals surface area contributed by atoms with E-state index in [0.29, 0.717) is 0 Å². The molecule has 0 atom stereocenters. The van der Waals surface area contributed by atoms with Gasteiger partial charge in [0, 0.05) is 11.6 Å². The first kappa shape index (κ1) is 11.3. The summed E-state index contributed by atoms with van der Waals surface area (Å²) in [6.45, 7) is 0. The van der Waals surface area contributed by atoms with Crippen molar-refractivity contribution in [3.8, 4) is 17.0 Å². The number of nitrogen functional groups attached to an aromatic ring is 1. The van der Waals surface area contributed by atoms with Gasteiger partial charge in [-0.05, 0) is 12.1 Å². The van der Waals surface area contributed by atoms with Crippen molar-refractivity contribution in [3.05, 3.63) is 29.8 Å². The number of aromatic amines is 1. The number of benzene rings is 1. The molecule has 0 amide bonds. The summed E-state index contributed by atoms with van der Waals surface area (Å²) >= 11 is 0. The molecule has 0 saturated heterocycles. The van der Waals surface area contributed by atoms with Gasteiger partial charge in [-0.2, -0.15) is 18.3 Å². The second kappa shape index (κ2) is 3.69. The summed E-state index contributed by atoms with van der Waals surface area (Å²) in [6.07, 6.45) is -4.61. The molecule has 1 heterocycles. The maximum absolute atomic E-state index is 12.5. The molecule has 0 aliphatic carbocycles. The Labute approximate surface area is 93.9 Å². The van der Waals surface area contributed by atoms with Crippen LogP contribution in [0.3, 0.4) is 0 Å². The summed E-state index contributed by atoms with van der Waals surface area (Å²) in [5.41, 5.74) is 4.48. The van der Waals surface area contributed by atoms with E-state index in [-0.39, 0.29) is 17.1 Å². The Kier molecular flexibility index (Phi) is 2.45. The molecule has 7 heteroatoms. The lowest BCUT2D eigenvalue weighted by atomic mass is 10.1. The largest absolute Gasteiger partial charge is 0.507 e. The molecule has 90 valence electrons. The Bertz CT molecular complexity index is 548. The van der Waals surface area contributed by atoms with Gasteiger partial charge in [0.1, 0.15) is 11.6 Å². The van der Waals surface area contributed by atoms with E-state index in [4.69, 9.17) is 5.73 Å². The van der Waals surface area contributed by atoms with Crippen LogP contribution in [-0.4, -0.2) is 15.3 Å². The lowest BCUT2D eigenvalue weighted by Gasteiger charge is -2.11. The Morgan fingerprint density at radius 2 is 2.00 bits per heavy atom. The number of anilines is 1. The number of halogens is 3. The van der Waals surface area contributed by atoms with Crippen molar-refractivity contribution < 1.29 is 18.3 Å². The third kappa shape index (κ3) is 2.03. The SMILES string of the molecule is Nc1cc(-c2cccc(C(F)(F)F)c2O)[nH]n1. The molecule has 1 aromatic heterocycles. The highest BCUT2D eigenvalue weighted by atomic mass is 19.4. The standard InChI is InChI=1S/C10H8F3N3O/c11-10(12,13)6-3-1-2-5(9(6)17)7-4-8(14)16-15-7/h1-4,17H,(H3,14,15,16). The highest BCUT2D eigenvalue weighted by molar-refractivity contribution is 5.70. The van der Waals surface area contributed by atoms with Crippen molar-refractivity contribution >= 4 is 5.82 Å². The summed E-state index contributed by atoms with van der Waals surface area (Å²) in [5.74, 6) is -0.708. The predicted molar refractivity (Wildman–Crippen MR) is 55.1 cm³/mol. The highest BCUT2D eigenvalue weighted by Crippen LogP contribution is 2.40. The van der Waals surface area contributed by atoms with Gasteiger partial charge < -0.3 is 10.8 Å². The number of aromatic nitrogens is 2. The van der Waals surface area contributed by atoms with Crippen molar-refractivity contribution in [2.45, 2.75) is 6.18 Å². The van der Waals surface area contributed by atoms with Crippen LogP contribution in [0.2, 0.25) is 0 Å². The summed E-state index contributed by atoms with van der Waals surface area (Å²) < 4.78 is 37.6. The van der Waals surface area contributed by atoms with Crippen LogP contribution in [0, 0.1) is 0 Å². The first-order valence-corrected chi connectivity index (χ1v) is 4.60. The number of para-hydroxylation sites is 1. The van der Waals surface area contributed by atoms with E-state index in [1.807, 2.05) is 0 Å². The second-order valence-electron chi connectivity index (χ2n) is 3.41. The average Bonchev–Trinajstić information content (AvgIpc) is 2.63. The number of rotatable bonds is 1. The summed E-state index contributed by atoms with van der Waals surface area (Å²) in [5, 5.41) is 15.6. The van der Waals surface area contributed by atoms with Gasteiger partial charge in [-0.25, -0.2) is 0 Å². The van der Waals surface area contributed by atoms with E-state index >= 15 is 0 Å². The summed E-state index contributed by atoms with van der Waals surface area (Å²) in [6, 6.07) is 4.69. The average molecular weight is 243 g/mol. The smallest absolute Gasteiger partial charge is 0.419 e. The van der Waals surface area contributed by atoms with Crippen LogP contribution >= 0.6 is 0 Å². The van der Waals surface area contributed by atoms with Crippen LogP contribution in [0.5, 0.6) is 5.75 Å². The van der Waals surface area contributed by atoms with Gasteiger partial charge in [-0.15, -0.1) is 0 Å². The monoisotopic (exact) mass is 243 g/mol. The molecule has 2 rings (SSSR count). The summed E-state index contributed by atoms with van der Waals surface area (Å²) in [4.78, 5) is 0. The van der Waals surface area contributed by atoms with E-state index in [1.54, 1.807) is 0 Å². The molecule has 0 bridgehead atoms. The van der Waals surface area contributed by atoms with Gasteiger partial charge in [-0.3, -0.25) is 5.10 Å². The Balaban J connectivity index is 2.57. The molecule has 0 fully saturated rings. The summed E-state index contributed by atoms with van der Waals surface area (Å²) in [7, 11) is 0. The van der Waals surface area contributed by atoms with Crippen molar-refractivity contribution in [1.82, 2.24) is 10.2 Å². The number of nitrogens with two attached hydrogens (primary N) is 1. The van der Waals surface area contributed by atoms with Gasteiger partial charge in [0.2, 0.25) is 0 Å². The van der Waals surface area contributed by atoms with E-state index in [2.05, 4.69) is 10.2 Å². The number of phenols is 1. The molecule has 17 heavy (non-hydrogen) atoms. The fraction of sp³-hybridized carbons (Fsp3) is 0.100. The number of hydrogen-bond donors (Lipinski definition) is 3. The van der Waals surface area contributed by atoms with Crippen molar-refractivity contribution in [2.75, 3.05) is 5.73 Å². The van der Waals surface area contributed by atoms with Crippen molar-refractivity contribution in [1.29, 1.82) is 0 Å². The minimum Gasteiger partial charge on any atom is -0.507 e. The molecule has 4 N–H and O–H groups in total. The zero-order chi connectivity index (χ0) is 12.6.